The van der Waals surface area contributed by atoms with Crippen molar-refractivity contribution in [2.75, 3.05) is 13.1 Å². The monoisotopic (exact) mass is 297 g/mol. The van der Waals surface area contributed by atoms with Crippen LogP contribution in [0.4, 0.5) is 0 Å². The number of nitrogens with zero attached hydrogens (tertiary/aromatic N) is 1. The SMILES string of the molecule is CCCC(CCC)C(=O)N1CCCC(CCC)(C(=O)O)C1. The van der Waals surface area contributed by atoms with Crippen LogP contribution in [-0.4, -0.2) is 35.0 Å². The zero-order valence-corrected chi connectivity index (χ0v) is 13.9. The molecule has 1 fully saturated rings. The van der Waals surface area contributed by atoms with E-state index in [0.29, 0.717) is 19.4 Å². The van der Waals surface area contributed by atoms with E-state index in [9.17, 15) is 14.7 Å². The average Bonchev–Trinajstić information content (AvgIpc) is 2.46. The zero-order chi connectivity index (χ0) is 15.9. The topological polar surface area (TPSA) is 57.6 Å². The number of carboxylic acid groups (broad SMARTS) is 1. The molecule has 0 spiro atoms. The molecular weight excluding hydrogens is 266 g/mol. The number of amides is 1. The van der Waals surface area contributed by atoms with Gasteiger partial charge in [-0.1, -0.05) is 40.0 Å². The van der Waals surface area contributed by atoms with Crippen molar-refractivity contribution in [3.05, 3.63) is 0 Å². The predicted octanol–water partition coefficient (Wildman–Crippen LogP) is 3.70. The van der Waals surface area contributed by atoms with E-state index in [-0.39, 0.29) is 11.8 Å². The molecular formula is C17H31NO3. The Hall–Kier alpha value is -1.06. The van der Waals surface area contributed by atoms with Crippen LogP contribution in [-0.2, 0) is 9.59 Å². The molecule has 1 rings (SSSR count). The lowest BCUT2D eigenvalue weighted by molar-refractivity contribution is -0.156. The molecule has 0 aromatic rings. The fourth-order valence-electron chi connectivity index (χ4n) is 3.63. The van der Waals surface area contributed by atoms with Gasteiger partial charge in [0.1, 0.15) is 0 Å². The van der Waals surface area contributed by atoms with Gasteiger partial charge in [-0.25, -0.2) is 0 Å². The van der Waals surface area contributed by atoms with Crippen molar-refractivity contribution in [2.45, 2.75) is 72.1 Å². The maximum Gasteiger partial charge on any atom is 0.311 e. The standard InChI is InChI=1S/C17H31NO3/c1-4-8-14(9-5-2)15(19)18-12-7-11-17(13-18,10-6-3)16(20)21/h14H,4-13H2,1-3H3,(H,20,21). The molecule has 21 heavy (non-hydrogen) atoms. The number of carbonyl (C=O) groups excluding carboxylic acids is 1. The Labute approximate surface area is 128 Å². The first-order chi connectivity index (χ1) is 10.0. The van der Waals surface area contributed by atoms with E-state index in [1.165, 1.54) is 0 Å². The van der Waals surface area contributed by atoms with Gasteiger partial charge < -0.3 is 10.0 Å². The summed E-state index contributed by atoms with van der Waals surface area (Å²) in [6.45, 7) is 7.35. The molecule has 1 amide bonds. The first-order valence-corrected chi connectivity index (χ1v) is 8.53. The van der Waals surface area contributed by atoms with Crippen molar-refractivity contribution < 1.29 is 14.7 Å². The average molecular weight is 297 g/mol. The summed E-state index contributed by atoms with van der Waals surface area (Å²) >= 11 is 0. The highest BCUT2D eigenvalue weighted by atomic mass is 16.4. The Bertz CT molecular complexity index is 346. The minimum Gasteiger partial charge on any atom is -0.481 e. The van der Waals surface area contributed by atoms with Gasteiger partial charge >= 0.3 is 5.97 Å². The Morgan fingerprint density at radius 3 is 2.24 bits per heavy atom. The lowest BCUT2D eigenvalue weighted by Gasteiger charge is -2.41. The summed E-state index contributed by atoms with van der Waals surface area (Å²) < 4.78 is 0. The van der Waals surface area contributed by atoms with E-state index < -0.39 is 11.4 Å². The second kappa shape index (κ2) is 8.40. The molecule has 1 aliphatic rings. The fourth-order valence-corrected chi connectivity index (χ4v) is 3.63. The smallest absolute Gasteiger partial charge is 0.311 e. The van der Waals surface area contributed by atoms with Crippen LogP contribution in [0.1, 0.15) is 72.1 Å². The summed E-state index contributed by atoms with van der Waals surface area (Å²) in [4.78, 5) is 26.3. The Morgan fingerprint density at radius 2 is 1.76 bits per heavy atom. The summed E-state index contributed by atoms with van der Waals surface area (Å²) in [6.07, 6.45) is 6.86. The largest absolute Gasteiger partial charge is 0.481 e. The van der Waals surface area contributed by atoms with Crippen LogP contribution in [0.2, 0.25) is 0 Å². The molecule has 1 saturated heterocycles. The van der Waals surface area contributed by atoms with E-state index in [1.807, 2.05) is 11.8 Å². The van der Waals surface area contributed by atoms with E-state index in [1.54, 1.807) is 0 Å². The lowest BCUT2D eigenvalue weighted by atomic mass is 9.76. The Kier molecular flexibility index (Phi) is 7.20. The van der Waals surface area contributed by atoms with Gasteiger partial charge in [-0.3, -0.25) is 9.59 Å². The molecule has 1 N–H and O–H groups in total. The summed E-state index contributed by atoms with van der Waals surface area (Å²) in [5, 5.41) is 9.63. The molecule has 0 aromatic carbocycles. The van der Waals surface area contributed by atoms with Crippen LogP contribution >= 0.6 is 0 Å². The highest BCUT2D eigenvalue weighted by Gasteiger charge is 2.43. The summed E-state index contributed by atoms with van der Waals surface area (Å²) in [5.41, 5.74) is -0.717. The molecule has 4 nitrogen and oxygen atoms in total. The number of rotatable bonds is 8. The molecule has 1 aliphatic heterocycles. The second-order valence-corrected chi connectivity index (χ2v) is 6.47. The van der Waals surface area contributed by atoms with Gasteiger partial charge in [-0.15, -0.1) is 0 Å². The van der Waals surface area contributed by atoms with Crippen LogP contribution < -0.4 is 0 Å². The highest BCUT2D eigenvalue weighted by Crippen LogP contribution is 2.36. The number of hydrogen-bond acceptors (Lipinski definition) is 2. The van der Waals surface area contributed by atoms with E-state index in [2.05, 4.69) is 13.8 Å². The van der Waals surface area contributed by atoms with Crippen LogP contribution in [0, 0.1) is 11.3 Å². The van der Waals surface area contributed by atoms with Gasteiger partial charge in [0.15, 0.2) is 0 Å². The number of piperidine rings is 1. The molecule has 0 aromatic heterocycles. The summed E-state index contributed by atoms with van der Waals surface area (Å²) in [7, 11) is 0. The quantitative estimate of drug-likeness (QED) is 0.743. The second-order valence-electron chi connectivity index (χ2n) is 6.47. The molecule has 1 atom stereocenters. The number of carboxylic acids is 1. The molecule has 4 heteroatoms. The van der Waals surface area contributed by atoms with E-state index in [0.717, 1.165) is 45.1 Å². The molecule has 122 valence electrons. The summed E-state index contributed by atoms with van der Waals surface area (Å²) in [6, 6.07) is 0. The van der Waals surface area contributed by atoms with Gasteiger partial charge in [0.25, 0.3) is 0 Å². The molecule has 1 heterocycles. The fraction of sp³-hybridized carbons (Fsp3) is 0.882. The van der Waals surface area contributed by atoms with Crippen molar-refractivity contribution in [3.8, 4) is 0 Å². The third-order valence-corrected chi connectivity index (χ3v) is 4.69. The molecule has 0 radical (unpaired) electrons. The minimum absolute atomic E-state index is 0.0752. The van der Waals surface area contributed by atoms with Crippen LogP contribution in [0.25, 0.3) is 0 Å². The molecule has 0 saturated carbocycles. The number of aliphatic carboxylic acids is 1. The molecule has 1 unspecified atom stereocenters. The first-order valence-electron chi connectivity index (χ1n) is 8.53. The van der Waals surface area contributed by atoms with Gasteiger partial charge in [0.05, 0.1) is 5.41 Å². The third-order valence-electron chi connectivity index (χ3n) is 4.69. The molecule has 0 aliphatic carbocycles. The van der Waals surface area contributed by atoms with Crippen molar-refractivity contribution in [1.82, 2.24) is 4.90 Å². The Balaban J connectivity index is 2.82. The summed E-state index contributed by atoms with van der Waals surface area (Å²) in [5.74, 6) is -0.476. The lowest BCUT2D eigenvalue weighted by Crippen LogP contribution is -2.51. The van der Waals surface area contributed by atoms with Crippen molar-refractivity contribution in [1.29, 1.82) is 0 Å². The Morgan fingerprint density at radius 1 is 1.14 bits per heavy atom. The van der Waals surface area contributed by atoms with Crippen LogP contribution in [0.5, 0.6) is 0 Å². The van der Waals surface area contributed by atoms with Gasteiger partial charge in [-0.05, 0) is 32.1 Å². The maximum absolute atomic E-state index is 12.7. The van der Waals surface area contributed by atoms with Gasteiger partial charge in [0, 0.05) is 19.0 Å². The third kappa shape index (κ3) is 4.45. The number of hydrogen-bond donors (Lipinski definition) is 1. The van der Waals surface area contributed by atoms with E-state index in [4.69, 9.17) is 0 Å². The van der Waals surface area contributed by atoms with Crippen molar-refractivity contribution >= 4 is 11.9 Å². The van der Waals surface area contributed by atoms with Gasteiger partial charge in [0.2, 0.25) is 5.91 Å². The van der Waals surface area contributed by atoms with Crippen LogP contribution in [0.15, 0.2) is 0 Å². The van der Waals surface area contributed by atoms with E-state index >= 15 is 0 Å². The van der Waals surface area contributed by atoms with Gasteiger partial charge in [-0.2, -0.15) is 0 Å². The maximum atomic E-state index is 12.7. The zero-order valence-electron chi connectivity index (χ0n) is 13.9. The highest BCUT2D eigenvalue weighted by molar-refractivity contribution is 5.81. The predicted molar refractivity (Wildman–Crippen MR) is 84.1 cm³/mol. The number of likely N-dealkylation sites (tertiary alicyclic amines) is 1. The number of carbonyl (C=O) groups is 2. The van der Waals surface area contributed by atoms with Crippen LogP contribution in [0.3, 0.4) is 0 Å². The molecule has 0 bridgehead atoms. The first kappa shape index (κ1) is 18.0. The van der Waals surface area contributed by atoms with Crippen molar-refractivity contribution in [3.63, 3.8) is 0 Å². The normalized spacial score (nSPS) is 22.6. The minimum atomic E-state index is -0.732. The van der Waals surface area contributed by atoms with Crippen molar-refractivity contribution in [2.24, 2.45) is 11.3 Å².